The van der Waals surface area contributed by atoms with E-state index in [-0.39, 0.29) is 5.75 Å². The van der Waals surface area contributed by atoms with Gasteiger partial charge in [-0.1, -0.05) is 22.4 Å². The summed E-state index contributed by atoms with van der Waals surface area (Å²) in [6, 6.07) is 0. The first kappa shape index (κ1) is 13.9. The van der Waals surface area contributed by atoms with Crippen molar-refractivity contribution in [2.45, 2.75) is 19.3 Å². The van der Waals surface area contributed by atoms with Crippen molar-refractivity contribution in [3.05, 3.63) is 0 Å². The lowest BCUT2D eigenvalue weighted by Crippen LogP contribution is -2.11. The molecule has 0 aromatic carbocycles. The second-order valence-electron chi connectivity index (χ2n) is 3.22. The quantitative estimate of drug-likeness (QED) is 0.308. The Morgan fingerprint density at radius 3 is 2.43 bits per heavy atom. The summed E-state index contributed by atoms with van der Waals surface area (Å²) < 4.78 is 26.0. The van der Waals surface area contributed by atoms with Crippen LogP contribution in [0.3, 0.4) is 0 Å². The van der Waals surface area contributed by atoms with Crippen molar-refractivity contribution in [3.8, 4) is 0 Å². The Morgan fingerprint density at radius 1 is 1.29 bits per heavy atom. The summed E-state index contributed by atoms with van der Waals surface area (Å²) >= 11 is 3.29. The van der Waals surface area contributed by atoms with Gasteiger partial charge in [0.2, 0.25) is 0 Å². The van der Waals surface area contributed by atoms with Gasteiger partial charge in [0.25, 0.3) is 10.0 Å². The van der Waals surface area contributed by atoms with E-state index < -0.39 is 10.0 Å². The molecule has 0 bridgehead atoms. The minimum absolute atomic E-state index is 0.143. The number of unbranched alkanes of at least 4 members (excludes halogenated alkanes) is 2. The molecule has 0 unspecified atom stereocenters. The molecule has 14 heavy (non-hydrogen) atoms. The summed E-state index contributed by atoms with van der Waals surface area (Å²) in [6.07, 6.45) is 3.92. The molecule has 0 fully saturated rings. The fourth-order valence-corrected chi connectivity index (χ4v) is 2.18. The minimum atomic E-state index is -3.24. The van der Waals surface area contributed by atoms with Gasteiger partial charge in [0.05, 0.1) is 5.75 Å². The molecule has 0 aromatic heterocycles. The predicted octanol–water partition coefficient (Wildman–Crippen LogP) is 1.47. The van der Waals surface area contributed by atoms with Crippen LogP contribution in [0.1, 0.15) is 19.3 Å². The highest BCUT2D eigenvalue weighted by Gasteiger charge is 2.06. The SMILES string of the molecule is CN(C)C=NS(=O)(=O)CCCCCBr. The molecule has 0 aliphatic rings. The number of rotatable bonds is 7. The molecule has 0 saturated heterocycles. The average molecular weight is 285 g/mol. The molecule has 0 amide bonds. The Labute approximate surface area is 94.6 Å². The number of hydrogen-bond donors (Lipinski definition) is 0. The van der Waals surface area contributed by atoms with E-state index in [9.17, 15) is 8.42 Å². The average Bonchev–Trinajstić information content (AvgIpc) is 2.10. The Hall–Kier alpha value is -0.100. The van der Waals surface area contributed by atoms with Gasteiger partial charge in [0, 0.05) is 19.4 Å². The monoisotopic (exact) mass is 284 g/mol. The van der Waals surface area contributed by atoms with Gasteiger partial charge < -0.3 is 4.90 Å². The van der Waals surface area contributed by atoms with Gasteiger partial charge in [0.1, 0.15) is 6.34 Å². The van der Waals surface area contributed by atoms with Crippen LogP contribution in [0, 0.1) is 0 Å². The molecule has 0 N–H and O–H groups in total. The number of alkyl halides is 1. The van der Waals surface area contributed by atoms with Crippen molar-refractivity contribution in [3.63, 3.8) is 0 Å². The van der Waals surface area contributed by atoms with Gasteiger partial charge >= 0.3 is 0 Å². The largest absolute Gasteiger partial charge is 0.368 e. The van der Waals surface area contributed by atoms with Gasteiger partial charge in [0.15, 0.2) is 0 Å². The molecular formula is C8H17BrN2O2S. The Kier molecular flexibility index (Phi) is 7.17. The first-order valence-corrected chi connectivity index (χ1v) is 7.21. The van der Waals surface area contributed by atoms with Crippen LogP contribution in [0.4, 0.5) is 0 Å². The van der Waals surface area contributed by atoms with Gasteiger partial charge in [-0.25, -0.2) is 8.42 Å². The van der Waals surface area contributed by atoms with Crippen molar-refractivity contribution in [1.29, 1.82) is 0 Å². The second-order valence-corrected chi connectivity index (χ2v) is 5.80. The van der Waals surface area contributed by atoms with Crippen LogP contribution in [0.2, 0.25) is 0 Å². The van der Waals surface area contributed by atoms with E-state index in [1.807, 2.05) is 0 Å². The first-order chi connectivity index (χ1) is 6.48. The van der Waals surface area contributed by atoms with Crippen LogP contribution in [0.15, 0.2) is 4.40 Å². The lowest BCUT2D eigenvalue weighted by molar-refractivity contribution is 0.590. The number of hydrogen-bond acceptors (Lipinski definition) is 2. The van der Waals surface area contributed by atoms with Crippen molar-refractivity contribution in [1.82, 2.24) is 4.90 Å². The standard InChI is InChI=1S/C8H17BrN2O2S/c1-11(2)8-10-14(12,13)7-5-3-4-6-9/h8H,3-7H2,1-2H3. The normalized spacial score (nSPS) is 12.2. The topological polar surface area (TPSA) is 49.7 Å². The maximum Gasteiger partial charge on any atom is 0.254 e. The summed E-state index contributed by atoms with van der Waals surface area (Å²) in [4.78, 5) is 1.61. The molecule has 6 heteroatoms. The Bertz CT molecular complexity index is 263. The van der Waals surface area contributed by atoms with Crippen LogP contribution in [0.25, 0.3) is 0 Å². The third-order valence-electron chi connectivity index (χ3n) is 1.47. The van der Waals surface area contributed by atoms with Crippen LogP contribution in [-0.4, -0.2) is 44.8 Å². The minimum Gasteiger partial charge on any atom is -0.368 e. The fourth-order valence-electron chi connectivity index (χ4n) is 0.775. The lowest BCUT2D eigenvalue weighted by atomic mass is 10.3. The zero-order valence-electron chi connectivity index (χ0n) is 8.61. The van der Waals surface area contributed by atoms with E-state index in [1.165, 1.54) is 6.34 Å². The molecule has 0 heterocycles. The molecule has 0 aliphatic heterocycles. The molecule has 84 valence electrons. The van der Waals surface area contributed by atoms with Crippen molar-refractivity contribution < 1.29 is 8.42 Å². The van der Waals surface area contributed by atoms with Crippen LogP contribution in [0.5, 0.6) is 0 Å². The van der Waals surface area contributed by atoms with E-state index in [2.05, 4.69) is 20.3 Å². The lowest BCUT2D eigenvalue weighted by Gasteiger charge is -2.02. The van der Waals surface area contributed by atoms with Crippen molar-refractivity contribution >= 4 is 32.3 Å². The third kappa shape index (κ3) is 8.50. The van der Waals surface area contributed by atoms with Crippen molar-refractivity contribution in [2.75, 3.05) is 25.2 Å². The van der Waals surface area contributed by atoms with E-state index >= 15 is 0 Å². The van der Waals surface area contributed by atoms with Gasteiger partial charge in [-0.3, -0.25) is 0 Å². The smallest absolute Gasteiger partial charge is 0.254 e. The number of nitrogens with zero attached hydrogens (tertiary/aromatic N) is 2. The summed E-state index contributed by atoms with van der Waals surface area (Å²) in [6.45, 7) is 0. The molecule has 4 nitrogen and oxygen atoms in total. The third-order valence-corrected chi connectivity index (χ3v) is 3.26. The van der Waals surface area contributed by atoms with Gasteiger partial charge in [-0.2, -0.15) is 4.40 Å². The maximum atomic E-state index is 11.3. The molecule has 0 spiro atoms. The first-order valence-electron chi connectivity index (χ1n) is 4.48. The summed E-state index contributed by atoms with van der Waals surface area (Å²) in [7, 11) is 0.235. The van der Waals surface area contributed by atoms with E-state index in [1.54, 1.807) is 19.0 Å². The molecule has 0 atom stereocenters. The fraction of sp³-hybridized carbons (Fsp3) is 0.875. The maximum absolute atomic E-state index is 11.3. The van der Waals surface area contributed by atoms with Crippen LogP contribution in [-0.2, 0) is 10.0 Å². The number of sulfonamides is 1. The van der Waals surface area contributed by atoms with E-state index in [0.29, 0.717) is 6.42 Å². The highest BCUT2D eigenvalue weighted by atomic mass is 79.9. The zero-order valence-corrected chi connectivity index (χ0v) is 11.0. The van der Waals surface area contributed by atoms with Crippen molar-refractivity contribution in [2.24, 2.45) is 4.40 Å². The van der Waals surface area contributed by atoms with Crippen LogP contribution < -0.4 is 0 Å². The molecule has 0 radical (unpaired) electrons. The molecular weight excluding hydrogens is 268 g/mol. The summed E-state index contributed by atoms with van der Waals surface area (Å²) in [5, 5.41) is 0.925. The van der Waals surface area contributed by atoms with Gasteiger partial charge in [-0.05, 0) is 12.8 Å². The second kappa shape index (κ2) is 7.23. The number of halogens is 1. The van der Waals surface area contributed by atoms with E-state index in [0.717, 1.165) is 18.2 Å². The Morgan fingerprint density at radius 2 is 1.93 bits per heavy atom. The zero-order chi connectivity index (χ0) is 11.0. The molecule has 0 aliphatic carbocycles. The van der Waals surface area contributed by atoms with Gasteiger partial charge in [-0.15, -0.1) is 0 Å². The molecule has 0 saturated carbocycles. The Balaban J connectivity index is 3.85. The highest BCUT2D eigenvalue weighted by Crippen LogP contribution is 2.02. The molecule has 0 aromatic rings. The van der Waals surface area contributed by atoms with E-state index in [4.69, 9.17) is 0 Å². The summed E-state index contributed by atoms with van der Waals surface area (Å²) in [5.41, 5.74) is 0. The highest BCUT2D eigenvalue weighted by molar-refractivity contribution is 9.09. The molecule has 0 rings (SSSR count). The van der Waals surface area contributed by atoms with Crippen LogP contribution >= 0.6 is 15.9 Å². The summed E-state index contributed by atoms with van der Waals surface area (Å²) in [5.74, 6) is 0.143. The predicted molar refractivity (Wildman–Crippen MR) is 63.6 cm³/mol.